The van der Waals surface area contributed by atoms with Gasteiger partial charge in [-0.15, -0.1) is 0 Å². The standard InChI is InChI=1S/C36H40N4/c1-23-15-9-11-17-29(23)39-31-19-13-14-20-32(31)40(30-18-12-10-16-24(30)2)36(39)37-27-21-25-26(22-28(27)38-36)34(5,6)35(7,8)33(25,3)4/h9-22,37-38H,1-8H3. The summed E-state index contributed by atoms with van der Waals surface area (Å²) in [5, 5.41) is 8.14. The summed E-state index contributed by atoms with van der Waals surface area (Å²) in [7, 11) is 0. The molecule has 4 nitrogen and oxygen atoms in total. The summed E-state index contributed by atoms with van der Waals surface area (Å²) in [5.41, 5.74) is 12.5. The van der Waals surface area contributed by atoms with Crippen LogP contribution in [0.15, 0.2) is 84.9 Å². The summed E-state index contributed by atoms with van der Waals surface area (Å²) in [6.45, 7) is 18.9. The average Bonchev–Trinajstić information content (AvgIpc) is 3.44. The Bertz CT molecular complexity index is 1560. The van der Waals surface area contributed by atoms with E-state index in [-0.39, 0.29) is 16.2 Å². The normalized spacial score (nSPS) is 20.1. The van der Waals surface area contributed by atoms with Crippen LogP contribution in [0.3, 0.4) is 0 Å². The predicted octanol–water partition coefficient (Wildman–Crippen LogP) is 9.34. The third-order valence-corrected chi connectivity index (χ3v) is 11.0. The molecule has 0 saturated heterocycles. The maximum absolute atomic E-state index is 4.07. The highest BCUT2D eigenvalue weighted by molar-refractivity contribution is 5.97. The van der Waals surface area contributed by atoms with Crippen molar-refractivity contribution in [1.82, 2.24) is 0 Å². The lowest BCUT2D eigenvalue weighted by Crippen LogP contribution is -2.62. The predicted molar refractivity (Wildman–Crippen MR) is 169 cm³/mol. The molecule has 2 N–H and O–H groups in total. The number of nitrogens with one attached hydrogen (secondary N) is 2. The quantitative estimate of drug-likeness (QED) is 0.271. The van der Waals surface area contributed by atoms with Crippen molar-refractivity contribution in [3.63, 3.8) is 0 Å². The van der Waals surface area contributed by atoms with E-state index in [4.69, 9.17) is 0 Å². The lowest BCUT2D eigenvalue weighted by molar-refractivity contribution is 0.125. The summed E-state index contributed by atoms with van der Waals surface area (Å²) in [6, 6.07) is 31.0. The highest BCUT2D eigenvalue weighted by Crippen LogP contribution is 2.64. The highest BCUT2D eigenvalue weighted by Gasteiger charge is 2.59. The molecule has 204 valence electrons. The van der Waals surface area contributed by atoms with E-state index in [2.05, 4.69) is 161 Å². The SMILES string of the molecule is Cc1ccccc1N1c2ccccc2N(c2ccccc2C)C12Nc1cc3c(cc1N2)C(C)(C)C(C)(C)C3(C)C. The number of hydrogen-bond acceptors (Lipinski definition) is 4. The molecule has 0 amide bonds. The van der Waals surface area contributed by atoms with Gasteiger partial charge in [0.25, 0.3) is 5.91 Å². The number of hydrogen-bond donors (Lipinski definition) is 2. The van der Waals surface area contributed by atoms with Gasteiger partial charge in [-0.2, -0.15) is 0 Å². The Morgan fingerprint density at radius 2 is 0.850 bits per heavy atom. The first kappa shape index (κ1) is 25.1. The van der Waals surface area contributed by atoms with Crippen LogP contribution in [0.2, 0.25) is 0 Å². The van der Waals surface area contributed by atoms with E-state index in [1.165, 1.54) is 45.0 Å². The molecule has 0 saturated carbocycles. The molecular formula is C36H40N4. The number of para-hydroxylation sites is 4. The fourth-order valence-electron chi connectivity index (χ4n) is 7.45. The van der Waals surface area contributed by atoms with Crippen LogP contribution in [0.1, 0.15) is 63.8 Å². The third-order valence-electron chi connectivity index (χ3n) is 11.0. The van der Waals surface area contributed by atoms with Crippen molar-refractivity contribution >= 4 is 34.1 Å². The van der Waals surface area contributed by atoms with Crippen molar-refractivity contribution in [1.29, 1.82) is 0 Å². The molecule has 4 aromatic rings. The van der Waals surface area contributed by atoms with Gasteiger partial charge in [0.1, 0.15) is 0 Å². The number of fused-ring (bicyclic) bond motifs is 3. The number of anilines is 6. The Kier molecular flexibility index (Phi) is 4.92. The Morgan fingerprint density at radius 1 is 0.500 bits per heavy atom. The Balaban J connectivity index is 1.49. The molecule has 0 bridgehead atoms. The van der Waals surface area contributed by atoms with Gasteiger partial charge in [-0.3, -0.25) is 9.80 Å². The summed E-state index contributed by atoms with van der Waals surface area (Å²) < 4.78 is 0. The van der Waals surface area contributed by atoms with Gasteiger partial charge in [-0.05, 0) is 88.7 Å². The minimum atomic E-state index is -0.761. The van der Waals surface area contributed by atoms with Gasteiger partial charge >= 0.3 is 0 Å². The second-order valence-corrected chi connectivity index (χ2v) is 13.5. The summed E-state index contributed by atoms with van der Waals surface area (Å²) in [6.07, 6.45) is 0. The van der Waals surface area contributed by atoms with Crippen molar-refractivity contribution in [3.8, 4) is 0 Å². The molecule has 7 rings (SSSR count). The Hall–Kier alpha value is -3.92. The number of aryl methyl sites for hydroxylation is 2. The van der Waals surface area contributed by atoms with Crippen LogP contribution in [-0.4, -0.2) is 5.91 Å². The van der Waals surface area contributed by atoms with Crippen molar-refractivity contribution in [2.45, 2.75) is 72.1 Å². The fourth-order valence-corrected chi connectivity index (χ4v) is 7.45. The van der Waals surface area contributed by atoms with Crippen molar-refractivity contribution in [2.24, 2.45) is 5.41 Å². The van der Waals surface area contributed by atoms with Crippen LogP contribution in [0.4, 0.5) is 34.1 Å². The molecule has 40 heavy (non-hydrogen) atoms. The molecule has 2 heterocycles. The zero-order chi connectivity index (χ0) is 28.2. The van der Waals surface area contributed by atoms with Crippen LogP contribution in [0, 0.1) is 19.3 Å². The van der Waals surface area contributed by atoms with Gasteiger partial charge in [0.15, 0.2) is 0 Å². The van der Waals surface area contributed by atoms with Gasteiger partial charge < -0.3 is 10.6 Å². The number of rotatable bonds is 2. The van der Waals surface area contributed by atoms with E-state index in [1.54, 1.807) is 0 Å². The van der Waals surface area contributed by atoms with Crippen molar-refractivity contribution in [3.05, 3.63) is 107 Å². The fraction of sp³-hybridized carbons (Fsp3) is 0.333. The summed E-state index contributed by atoms with van der Waals surface area (Å²) in [4.78, 5) is 4.91. The maximum Gasteiger partial charge on any atom is 0.282 e. The van der Waals surface area contributed by atoms with Crippen LogP contribution in [0.5, 0.6) is 0 Å². The van der Waals surface area contributed by atoms with Gasteiger partial charge in [0.05, 0.1) is 22.7 Å². The largest absolute Gasteiger partial charge is 0.325 e. The Morgan fingerprint density at radius 3 is 1.23 bits per heavy atom. The first-order chi connectivity index (χ1) is 18.9. The van der Waals surface area contributed by atoms with E-state index in [0.29, 0.717) is 0 Å². The molecule has 0 aromatic heterocycles. The third kappa shape index (κ3) is 2.92. The molecule has 1 spiro atoms. The lowest BCUT2D eigenvalue weighted by atomic mass is 9.59. The van der Waals surface area contributed by atoms with E-state index in [0.717, 1.165) is 11.4 Å². The first-order valence-electron chi connectivity index (χ1n) is 14.5. The zero-order valence-corrected chi connectivity index (χ0v) is 25.0. The van der Waals surface area contributed by atoms with Gasteiger partial charge in [0.2, 0.25) is 0 Å². The molecule has 0 unspecified atom stereocenters. The van der Waals surface area contributed by atoms with Gasteiger partial charge in [-0.25, -0.2) is 0 Å². The molecular weight excluding hydrogens is 488 g/mol. The molecule has 2 aliphatic heterocycles. The number of benzene rings is 4. The van der Waals surface area contributed by atoms with E-state index < -0.39 is 5.91 Å². The first-order valence-corrected chi connectivity index (χ1v) is 14.5. The molecule has 0 fully saturated rings. The monoisotopic (exact) mass is 528 g/mol. The molecule has 4 aromatic carbocycles. The van der Waals surface area contributed by atoms with Gasteiger partial charge in [-0.1, -0.05) is 90.1 Å². The highest BCUT2D eigenvalue weighted by atomic mass is 15.7. The molecule has 4 heteroatoms. The minimum absolute atomic E-state index is 0.0301. The zero-order valence-electron chi connectivity index (χ0n) is 25.0. The second kappa shape index (κ2) is 7.84. The van der Waals surface area contributed by atoms with Gasteiger partial charge in [0, 0.05) is 11.4 Å². The van der Waals surface area contributed by atoms with Crippen LogP contribution in [0.25, 0.3) is 0 Å². The minimum Gasteiger partial charge on any atom is -0.325 e. The summed E-state index contributed by atoms with van der Waals surface area (Å²) >= 11 is 0. The number of nitrogens with zero attached hydrogens (tertiary/aromatic N) is 2. The topological polar surface area (TPSA) is 30.5 Å². The van der Waals surface area contributed by atoms with Crippen molar-refractivity contribution in [2.75, 3.05) is 20.4 Å². The smallest absolute Gasteiger partial charge is 0.282 e. The average molecular weight is 529 g/mol. The summed E-state index contributed by atoms with van der Waals surface area (Å²) in [5.74, 6) is -0.761. The lowest BCUT2D eigenvalue weighted by Gasteiger charge is -2.45. The van der Waals surface area contributed by atoms with Crippen LogP contribution in [-0.2, 0) is 10.8 Å². The van der Waals surface area contributed by atoms with Crippen LogP contribution < -0.4 is 20.4 Å². The molecule has 3 aliphatic rings. The van der Waals surface area contributed by atoms with E-state index in [9.17, 15) is 0 Å². The van der Waals surface area contributed by atoms with E-state index >= 15 is 0 Å². The Labute approximate surface area is 239 Å². The molecule has 1 aliphatic carbocycles. The molecule has 0 radical (unpaired) electrons. The van der Waals surface area contributed by atoms with E-state index in [1.807, 2.05) is 0 Å². The molecule has 0 atom stereocenters. The maximum atomic E-state index is 4.07. The second-order valence-electron chi connectivity index (χ2n) is 13.5. The van der Waals surface area contributed by atoms with Crippen LogP contribution >= 0.6 is 0 Å². The van der Waals surface area contributed by atoms with Crippen molar-refractivity contribution < 1.29 is 0 Å².